The zero-order chi connectivity index (χ0) is 19.8. The van der Waals surface area contributed by atoms with E-state index < -0.39 is 11.9 Å². The minimum absolute atomic E-state index is 0.0119. The third kappa shape index (κ3) is 6.13. The van der Waals surface area contributed by atoms with Crippen LogP contribution in [0.4, 0.5) is 0 Å². The van der Waals surface area contributed by atoms with Crippen molar-refractivity contribution in [2.45, 2.75) is 26.7 Å². The Morgan fingerprint density at radius 2 is 1.96 bits per heavy atom. The summed E-state index contributed by atoms with van der Waals surface area (Å²) in [4.78, 5) is 24.1. The second-order valence-corrected chi connectivity index (χ2v) is 7.18. The number of methoxy groups -OCH3 is 1. The summed E-state index contributed by atoms with van der Waals surface area (Å²) in [5.74, 6) is -0.405. The quantitative estimate of drug-likeness (QED) is 0.685. The van der Waals surface area contributed by atoms with Crippen molar-refractivity contribution in [3.63, 3.8) is 0 Å². The Labute approximate surface area is 160 Å². The van der Waals surface area contributed by atoms with Gasteiger partial charge in [0.1, 0.15) is 0 Å². The molecule has 1 saturated heterocycles. The minimum Gasteiger partial charge on any atom is -0.493 e. The lowest BCUT2D eigenvalue weighted by Gasteiger charge is -2.27. The number of benzene rings is 1. The summed E-state index contributed by atoms with van der Waals surface area (Å²) in [6.45, 7) is 5.87. The SMILES string of the molecule is COc1cc(C(=O)NCC(C(=O)O)C2CCOCC2)ccc1OCC(C)C. The average Bonchev–Trinajstić information content (AvgIpc) is 2.66. The van der Waals surface area contributed by atoms with Gasteiger partial charge < -0.3 is 24.6 Å². The first-order chi connectivity index (χ1) is 12.9. The van der Waals surface area contributed by atoms with Gasteiger partial charge in [0.2, 0.25) is 0 Å². The number of aliphatic carboxylic acids is 1. The van der Waals surface area contributed by atoms with E-state index in [0.717, 1.165) is 0 Å². The van der Waals surface area contributed by atoms with Crippen LogP contribution in [0, 0.1) is 17.8 Å². The predicted octanol–water partition coefficient (Wildman–Crippen LogP) is 2.59. The summed E-state index contributed by atoms with van der Waals surface area (Å²) < 4.78 is 16.3. The molecule has 7 nitrogen and oxygen atoms in total. The van der Waals surface area contributed by atoms with Crippen LogP contribution in [0.15, 0.2) is 18.2 Å². The van der Waals surface area contributed by atoms with E-state index in [1.165, 1.54) is 7.11 Å². The van der Waals surface area contributed by atoms with Gasteiger partial charge in [0.25, 0.3) is 5.91 Å². The highest BCUT2D eigenvalue weighted by molar-refractivity contribution is 5.95. The van der Waals surface area contributed by atoms with E-state index >= 15 is 0 Å². The van der Waals surface area contributed by atoms with Crippen LogP contribution in [-0.2, 0) is 9.53 Å². The van der Waals surface area contributed by atoms with Gasteiger partial charge in [-0.25, -0.2) is 0 Å². The molecule has 7 heteroatoms. The van der Waals surface area contributed by atoms with Crippen molar-refractivity contribution in [3.8, 4) is 11.5 Å². The number of carbonyl (C=O) groups excluding carboxylic acids is 1. The maximum Gasteiger partial charge on any atom is 0.308 e. The summed E-state index contributed by atoms with van der Waals surface area (Å²) in [6.07, 6.45) is 1.39. The van der Waals surface area contributed by atoms with Gasteiger partial charge >= 0.3 is 5.97 Å². The highest BCUT2D eigenvalue weighted by Gasteiger charge is 2.30. The minimum atomic E-state index is -0.891. The molecule has 0 bridgehead atoms. The molecule has 1 aliphatic heterocycles. The molecule has 1 aromatic carbocycles. The van der Waals surface area contributed by atoms with Crippen LogP contribution in [-0.4, -0.2) is 50.5 Å². The Morgan fingerprint density at radius 1 is 1.26 bits per heavy atom. The molecule has 2 N–H and O–H groups in total. The zero-order valence-corrected chi connectivity index (χ0v) is 16.2. The lowest BCUT2D eigenvalue weighted by atomic mass is 9.86. The van der Waals surface area contributed by atoms with E-state index in [9.17, 15) is 14.7 Å². The van der Waals surface area contributed by atoms with E-state index in [4.69, 9.17) is 14.2 Å². The first kappa shape index (κ1) is 21.0. The summed E-state index contributed by atoms with van der Waals surface area (Å²) >= 11 is 0. The van der Waals surface area contributed by atoms with Gasteiger partial charge in [-0.05, 0) is 42.9 Å². The molecule has 27 heavy (non-hydrogen) atoms. The van der Waals surface area contributed by atoms with Crippen molar-refractivity contribution in [1.29, 1.82) is 0 Å². The first-order valence-corrected chi connectivity index (χ1v) is 9.32. The summed E-state index contributed by atoms with van der Waals surface area (Å²) in [7, 11) is 1.52. The fraction of sp³-hybridized carbons (Fsp3) is 0.600. The molecule has 1 unspecified atom stereocenters. The van der Waals surface area contributed by atoms with Crippen LogP contribution in [0.1, 0.15) is 37.0 Å². The molecule has 1 amide bonds. The molecule has 1 aromatic rings. The standard InChI is InChI=1S/C20H29NO6/c1-13(2)12-27-17-5-4-15(10-18(17)25-3)19(22)21-11-16(20(23)24)14-6-8-26-9-7-14/h4-5,10,13-14,16H,6-9,11-12H2,1-3H3,(H,21,22)(H,23,24). The number of hydrogen-bond acceptors (Lipinski definition) is 5. The van der Waals surface area contributed by atoms with Gasteiger partial charge in [0.05, 0.1) is 19.6 Å². The molecular weight excluding hydrogens is 350 g/mol. The third-order valence-electron chi connectivity index (χ3n) is 4.63. The molecule has 0 aromatic heterocycles. The van der Waals surface area contributed by atoms with Gasteiger partial charge in [0, 0.05) is 25.3 Å². The Morgan fingerprint density at radius 3 is 2.56 bits per heavy atom. The van der Waals surface area contributed by atoms with Crippen LogP contribution in [0.3, 0.4) is 0 Å². The van der Waals surface area contributed by atoms with Crippen molar-refractivity contribution in [3.05, 3.63) is 23.8 Å². The molecule has 0 saturated carbocycles. The molecule has 2 rings (SSSR count). The number of rotatable bonds is 9. The van der Waals surface area contributed by atoms with E-state index in [1.54, 1.807) is 18.2 Å². The van der Waals surface area contributed by atoms with Crippen LogP contribution < -0.4 is 14.8 Å². The van der Waals surface area contributed by atoms with Gasteiger partial charge in [-0.15, -0.1) is 0 Å². The van der Waals surface area contributed by atoms with Crippen molar-refractivity contribution in [1.82, 2.24) is 5.32 Å². The topological polar surface area (TPSA) is 94.1 Å². The average molecular weight is 379 g/mol. The Kier molecular flexibility index (Phi) is 7.91. The van der Waals surface area contributed by atoms with Crippen molar-refractivity contribution >= 4 is 11.9 Å². The predicted molar refractivity (Wildman–Crippen MR) is 100 cm³/mol. The molecular formula is C20H29NO6. The van der Waals surface area contributed by atoms with Crippen molar-refractivity contribution in [2.75, 3.05) is 33.5 Å². The first-order valence-electron chi connectivity index (χ1n) is 9.32. The fourth-order valence-electron chi connectivity index (χ4n) is 3.06. The van der Waals surface area contributed by atoms with Gasteiger partial charge in [0.15, 0.2) is 11.5 Å². The second kappa shape index (κ2) is 10.2. The highest BCUT2D eigenvalue weighted by atomic mass is 16.5. The molecule has 1 aliphatic rings. The number of carboxylic acid groups (broad SMARTS) is 1. The van der Waals surface area contributed by atoms with Crippen LogP contribution in [0.5, 0.6) is 11.5 Å². The van der Waals surface area contributed by atoms with Crippen LogP contribution in [0.2, 0.25) is 0 Å². The van der Waals surface area contributed by atoms with Crippen molar-refractivity contribution in [2.24, 2.45) is 17.8 Å². The van der Waals surface area contributed by atoms with Gasteiger partial charge in [-0.1, -0.05) is 13.8 Å². The lowest BCUT2D eigenvalue weighted by Crippen LogP contribution is -2.39. The monoisotopic (exact) mass is 379 g/mol. The van der Waals surface area contributed by atoms with E-state index in [0.29, 0.717) is 55.6 Å². The highest BCUT2D eigenvalue weighted by Crippen LogP contribution is 2.29. The summed E-state index contributed by atoms with van der Waals surface area (Å²) in [6, 6.07) is 4.95. The number of carbonyl (C=O) groups is 2. The molecule has 1 heterocycles. The van der Waals surface area contributed by atoms with Crippen molar-refractivity contribution < 1.29 is 28.9 Å². The molecule has 1 atom stereocenters. The maximum absolute atomic E-state index is 12.5. The Bertz CT molecular complexity index is 639. The fourth-order valence-corrected chi connectivity index (χ4v) is 3.06. The Balaban J connectivity index is 2.00. The van der Waals surface area contributed by atoms with E-state index in [-0.39, 0.29) is 18.4 Å². The molecule has 150 valence electrons. The Hall–Kier alpha value is -2.28. The van der Waals surface area contributed by atoms with Gasteiger partial charge in [-0.2, -0.15) is 0 Å². The zero-order valence-electron chi connectivity index (χ0n) is 16.2. The summed E-state index contributed by atoms with van der Waals surface area (Å²) in [5.41, 5.74) is 0.403. The number of hydrogen-bond donors (Lipinski definition) is 2. The van der Waals surface area contributed by atoms with E-state index in [1.807, 2.05) is 13.8 Å². The number of nitrogens with one attached hydrogen (secondary N) is 1. The molecule has 0 spiro atoms. The van der Waals surface area contributed by atoms with Crippen LogP contribution in [0.25, 0.3) is 0 Å². The van der Waals surface area contributed by atoms with Gasteiger partial charge in [-0.3, -0.25) is 9.59 Å². The normalized spacial score (nSPS) is 16.0. The largest absolute Gasteiger partial charge is 0.493 e. The molecule has 0 radical (unpaired) electrons. The second-order valence-electron chi connectivity index (χ2n) is 7.18. The van der Waals surface area contributed by atoms with Crippen LogP contribution >= 0.6 is 0 Å². The number of amides is 1. The number of ether oxygens (including phenoxy) is 3. The third-order valence-corrected chi connectivity index (χ3v) is 4.63. The molecule has 0 aliphatic carbocycles. The molecule has 1 fully saturated rings. The summed E-state index contributed by atoms with van der Waals surface area (Å²) in [5, 5.41) is 12.2. The lowest BCUT2D eigenvalue weighted by molar-refractivity contribution is -0.144. The maximum atomic E-state index is 12.5. The van der Waals surface area contributed by atoms with E-state index in [2.05, 4.69) is 5.32 Å². The smallest absolute Gasteiger partial charge is 0.308 e. The number of carboxylic acids is 1.